The molecule has 1 aliphatic heterocycles. The zero-order valence-corrected chi connectivity index (χ0v) is 14.6. The minimum atomic E-state index is -0.832. The van der Waals surface area contributed by atoms with E-state index in [9.17, 15) is 9.59 Å². The van der Waals surface area contributed by atoms with E-state index in [0.717, 1.165) is 31.5 Å². The summed E-state index contributed by atoms with van der Waals surface area (Å²) in [5, 5.41) is 12.0. The third-order valence-corrected chi connectivity index (χ3v) is 4.55. The standard InChI is InChI=1S/C19H28N2O3/c1-19(2)11-6-12-21(14-19)18(24)20-16(9-10-17(22)23)13-15-7-4-3-5-8-15/h3-5,7-8,16H,6,9-14H2,1-2H3,(H,20,24)(H,22,23). The van der Waals surface area contributed by atoms with E-state index in [1.165, 1.54) is 0 Å². The minimum Gasteiger partial charge on any atom is -0.481 e. The molecular formula is C19H28N2O3. The van der Waals surface area contributed by atoms with Crippen molar-refractivity contribution in [2.45, 2.75) is 52.0 Å². The first-order chi connectivity index (χ1) is 11.4. The number of nitrogens with zero attached hydrogens (tertiary/aromatic N) is 1. The van der Waals surface area contributed by atoms with E-state index in [0.29, 0.717) is 12.8 Å². The summed E-state index contributed by atoms with van der Waals surface area (Å²) in [6.07, 6.45) is 3.29. The summed E-state index contributed by atoms with van der Waals surface area (Å²) in [7, 11) is 0. The fourth-order valence-corrected chi connectivity index (χ4v) is 3.28. The summed E-state index contributed by atoms with van der Waals surface area (Å²) in [6, 6.07) is 9.63. The first-order valence-electron chi connectivity index (χ1n) is 8.67. The van der Waals surface area contributed by atoms with Gasteiger partial charge in [-0.15, -0.1) is 0 Å². The molecule has 5 nitrogen and oxygen atoms in total. The first kappa shape index (κ1) is 18.3. The minimum absolute atomic E-state index is 0.0588. The van der Waals surface area contributed by atoms with Gasteiger partial charge in [0.1, 0.15) is 0 Å². The Morgan fingerprint density at radius 2 is 2.00 bits per heavy atom. The quantitative estimate of drug-likeness (QED) is 0.840. The number of amides is 2. The molecule has 1 aromatic rings. The molecule has 5 heteroatoms. The summed E-state index contributed by atoms with van der Waals surface area (Å²) in [4.78, 5) is 25.4. The molecule has 132 valence electrons. The molecule has 1 atom stereocenters. The molecule has 1 saturated heterocycles. The van der Waals surface area contributed by atoms with Gasteiger partial charge in [0, 0.05) is 25.6 Å². The van der Waals surface area contributed by atoms with Crippen LogP contribution in [0.1, 0.15) is 45.1 Å². The number of carboxylic acids is 1. The third-order valence-electron chi connectivity index (χ3n) is 4.55. The van der Waals surface area contributed by atoms with Gasteiger partial charge in [0.05, 0.1) is 0 Å². The van der Waals surface area contributed by atoms with Crippen LogP contribution in [0.5, 0.6) is 0 Å². The van der Waals surface area contributed by atoms with Crippen LogP contribution in [-0.2, 0) is 11.2 Å². The second-order valence-electron chi connectivity index (χ2n) is 7.46. The average molecular weight is 332 g/mol. The molecule has 1 unspecified atom stereocenters. The van der Waals surface area contributed by atoms with Gasteiger partial charge in [-0.05, 0) is 36.7 Å². The molecule has 24 heavy (non-hydrogen) atoms. The monoisotopic (exact) mass is 332 g/mol. The zero-order chi connectivity index (χ0) is 17.6. The molecule has 0 radical (unpaired) electrons. The Morgan fingerprint density at radius 1 is 1.29 bits per heavy atom. The first-order valence-corrected chi connectivity index (χ1v) is 8.67. The van der Waals surface area contributed by atoms with E-state index >= 15 is 0 Å². The average Bonchev–Trinajstić information content (AvgIpc) is 2.52. The largest absolute Gasteiger partial charge is 0.481 e. The van der Waals surface area contributed by atoms with Crippen molar-refractivity contribution >= 4 is 12.0 Å². The van der Waals surface area contributed by atoms with Crippen molar-refractivity contribution in [2.75, 3.05) is 13.1 Å². The van der Waals surface area contributed by atoms with E-state index in [1.54, 1.807) is 0 Å². The maximum atomic E-state index is 12.6. The van der Waals surface area contributed by atoms with Crippen LogP contribution in [0.4, 0.5) is 4.79 Å². The van der Waals surface area contributed by atoms with Crippen molar-refractivity contribution < 1.29 is 14.7 Å². The number of benzene rings is 1. The van der Waals surface area contributed by atoms with E-state index in [1.807, 2.05) is 35.2 Å². The van der Waals surface area contributed by atoms with Crippen LogP contribution < -0.4 is 5.32 Å². The number of carboxylic acid groups (broad SMARTS) is 1. The fourth-order valence-electron chi connectivity index (χ4n) is 3.28. The van der Waals surface area contributed by atoms with Crippen LogP contribution in [0.25, 0.3) is 0 Å². The highest BCUT2D eigenvalue weighted by Crippen LogP contribution is 2.28. The van der Waals surface area contributed by atoms with Crippen molar-refractivity contribution in [3.8, 4) is 0 Å². The Balaban J connectivity index is 1.98. The number of hydrogen-bond donors (Lipinski definition) is 2. The SMILES string of the molecule is CC1(C)CCCN(C(=O)NC(CCC(=O)O)Cc2ccccc2)C1. The number of nitrogens with one attached hydrogen (secondary N) is 1. The Bertz CT molecular complexity index is 557. The second kappa shape index (κ2) is 8.18. The van der Waals surface area contributed by atoms with Gasteiger partial charge < -0.3 is 15.3 Å². The van der Waals surface area contributed by atoms with Crippen LogP contribution in [0, 0.1) is 5.41 Å². The Labute approximate surface area is 144 Å². The highest BCUT2D eigenvalue weighted by molar-refractivity contribution is 5.75. The van der Waals surface area contributed by atoms with Crippen molar-refractivity contribution in [1.82, 2.24) is 10.2 Å². The van der Waals surface area contributed by atoms with Crippen molar-refractivity contribution in [1.29, 1.82) is 0 Å². The van der Waals surface area contributed by atoms with Crippen LogP contribution in [0.3, 0.4) is 0 Å². The van der Waals surface area contributed by atoms with Gasteiger partial charge in [-0.2, -0.15) is 0 Å². The lowest BCUT2D eigenvalue weighted by atomic mass is 9.84. The van der Waals surface area contributed by atoms with Gasteiger partial charge in [0.2, 0.25) is 0 Å². The van der Waals surface area contributed by atoms with Gasteiger partial charge >= 0.3 is 12.0 Å². The van der Waals surface area contributed by atoms with Crippen molar-refractivity contribution in [3.63, 3.8) is 0 Å². The van der Waals surface area contributed by atoms with Crippen LogP contribution >= 0.6 is 0 Å². The molecule has 2 rings (SSSR count). The van der Waals surface area contributed by atoms with E-state index in [4.69, 9.17) is 5.11 Å². The summed E-state index contributed by atoms with van der Waals surface area (Å²) >= 11 is 0. The highest BCUT2D eigenvalue weighted by Gasteiger charge is 2.30. The van der Waals surface area contributed by atoms with Crippen molar-refractivity contribution in [3.05, 3.63) is 35.9 Å². The number of carbonyl (C=O) groups is 2. The number of rotatable bonds is 6. The van der Waals surface area contributed by atoms with E-state index in [2.05, 4.69) is 19.2 Å². The molecule has 2 amide bonds. The molecular weight excluding hydrogens is 304 g/mol. The zero-order valence-electron chi connectivity index (χ0n) is 14.6. The Kier molecular flexibility index (Phi) is 6.23. The van der Waals surface area contributed by atoms with Gasteiger partial charge in [-0.25, -0.2) is 4.79 Å². The number of piperidine rings is 1. The molecule has 0 saturated carbocycles. The van der Waals surface area contributed by atoms with Crippen LogP contribution in [-0.4, -0.2) is 41.1 Å². The molecule has 0 aromatic heterocycles. The molecule has 0 aliphatic carbocycles. The summed E-state index contributed by atoms with van der Waals surface area (Å²) in [6.45, 7) is 5.87. The molecule has 1 fully saturated rings. The molecule has 1 aromatic carbocycles. The number of hydrogen-bond acceptors (Lipinski definition) is 2. The summed E-state index contributed by atoms with van der Waals surface area (Å²) in [5.74, 6) is -0.832. The smallest absolute Gasteiger partial charge is 0.317 e. The van der Waals surface area contributed by atoms with Crippen LogP contribution in [0.2, 0.25) is 0 Å². The number of carbonyl (C=O) groups excluding carboxylic acids is 1. The predicted octanol–water partition coefficient (Wildman–Crippen LogP) is 3.29. The topological polar surface area (TPSA) is 69.6 Å². The van der Waals surface area contributed by atoms with Crippen LogP contribution in [0.15, 0.2) is 30.3 Å². The lowest BCUT2D eigenvalue weighted by molar-refractivity contribution is -0.137. The summed E-state index contributed by atoms with van der Waals surface area (Å²) < 4.78 is 0. The normalized spacial score (nSPS) is 18.0. The lowest BCUT2D eigenvalue weighted by Crippen LogP contribution is -2.51. The van der Waals surface area contributed by atoms with E-state index in [-0.39, 0.29) is 23.9 Å². The molecule has 0 spiro atoms. The van der Waals surface area contributed by atoms with Crippen molar-refractivity contribution in [2.24, 2.45) is 5.41 Å². The van der Waals surface area contributed by atoms with Gasteiger partial charge in [0.25, 0.3) is 0 Å². The number of likely N-dealkylation sites (tertiary alicyclic amines) is 1. The Hall–Kier alpha value is -2.04. The van der Waals surface area contributed by atoms with Gasteiger partial charge in [-0.1, -0.05) is 44.2 Å². The lowest BCUT2D eigenvalue weighted by Gasteiger charge is -2.38. The predicted molar refractivity (Wildman–Crippen MR) is 93.9 cm³/mol. The highest BCUT2D eigenvalue weighted by atomic mass is 16.4. The summed E-state index contributed by atoms with van der Waals surface area (Å²) in [5.41, 5.74) is 1.25. The molecule has 1 aliphatic rings. The second-order valence-corrected chi connectivity index (χ2v) is 7.46. The molecule has 1 heterocycles. The Morgan fingerprint density at radius 3 is 2.62 bits per heavy atom. The fraction of sp³-hybridized carbons (Fsp3) is 0.579. The third kappa shape index (κ3) is 5.87. The number of urea groups is 1. The van der Waals surface area contributed by atoms with E-state index < -0.39 is 5.97 Å². The van der Waals surface area contributed by atoms with Gasteiger partial charge in [0.15, 0.2) is 0 Å². The molecule has 2 N–H and O–H groups in total. The maximum absolute atomic E-state index is 12.6. The molecule has 0 bridgehead atoms. The maximum Gasteiger partial charge on any atom is 0.317 e. The van der Waals surface area contributed by atoms with Gasteiger partial charge in [-0.3, -0.25) is 4.79 Å². The number of aliphatic carboxylic acids is 1.